The Kier molecular flexibility index (Phi) is 7.55. The number of sulfonamides is 1. The first kappa shape index (κ1) is 21.1. The monoisotopic (exact) mass is 393 g/mol. The molecule has 0 bridgehead atoms. The van der Waals surface area contributed by atoms with Crippen molar-refractivity contribution in [1.29, 1.82) is 0 Å². The van der Waals surface area contributed by atoms with E-state index in [1.165, 1.54) is 21.7 Å². The standard InChI is InChI=1S/C19H27N3O4S/c1-3-21(15-18(23)20-2)19(24)17-9-12-22(13-10-17)27(25,26)14-11-16-7-5-4-6-8-16/h4-8,11,14,17H,3,9-10,12-13,15H2,1-2H3,(H,20,23)/b14-11+. The van der Waals surface area contributed by atoms with Crippen LogP contribution < -0.4 is 5.32 Å². The molecule has 2 rings (SSSR count). The lowest BCUT2D eigenvalue weighted by molar-refractivity contribution is -0.140. The van der Waals surface area contributed by atoms with Crippen LogP contribution in [-0.4, -0.2) is 62.7 Å². The fourth-order valence-corrected chi connectivity index (χ4v) is 4.25. The van der Waals surface area contributed by atoms with Crippen molar-refractivity contribution in [2.24, 2.45) is 5.92 Å². The highest BCUT2D eigenvalue weighted by Gasteiger charge is 2.32. The Labute approximate surface area is 161 Å². The van der Waals surface area contributed by atoms with Gasteiger partial charge in [0.15, 0.2) is 0 Å². The van der Waals surface area contributed by atoms with E-state index in [2.05, 4.69) is 5.32 Å². The Balaban J connectivity index is 1.94. The summed E-state index contributed by atoms with van der Waals surface area (Å²) >= 11 is 0. The highest BCUT2D eigenvalue weighted by atomic mass is 32.2. The van der Waals surface area contributed by atoms with Gasteiger partial charge in [-0.1, -0.05) is 30.3 Å². The fourth-order valence-electron chi connectivity index (χ4n) is 3.03. The lowest BCUT2D eigenvalue weighted by Crippen LogP contribution is -2.46. The molecule has 0 radical (unpaired) electrons. The van der Waals surface area contributed by atoms with Crippen LogP contribution in [0.3, 0.4) is 0 Å². The van der Waals surface area contributed by atoms with E-state index in [0.29, 0.717) is 32.5 Å². The molecule has 148 valence electrons. The van der Waals surface area contributed by atoms with E-state index < -0.39 is 10.0 Å². The van der Waals surface area contributed by atoms with Gasteiger partial charge in [-0.15, -0.1) is 0 Å². The summed E-state index contributed by atoms with van der Waals surface area (Å²) in [6.45, 7) is 2.91. The van der Waals surface area contributed by atoms with Crippen LogP contribution in [0.5, 0.6) is 0 Å². The third kappa shape index (κ3) is 5.90. The maximum absolute atomic E-state index is 12.6. The van der Waals surface area contributed by atoms with Gasteiger partial charge in [0.05, 0.1) is 6.54 Å². The van der Waals surface area contributed by atoms with Crippen molar-refractivity contribution in [3.63, 3.8) is 0 Å². The first-order valence-corrected chi connectivity index (χ1v) is 10.6. The maximum Gasteiger partial charge on any atom is 0.239 e. The van der Waals surface area contributed by atoms with Crippen molar-refractivity contribution in [3.8, 4) is 0 Å². The zero-order chi connectivity index (χ0) is 19.9. The lowest BCUT2D eigenvalue weighted by Gasteiger charge is -2.32. The number of nitrogens with zero attached hydrogens (tertiary/aromatic N) is 2. The van der Waals surface area contributed by atoms with Crippen LogP contribution in [0.15, 0.2) is 35.7 Å². The molecule has 0 aromatic heterocycles. The van der Waals surface area contributed by atoms with Crippen LogP contribution in [0.4, 0.5) is 0 Å². The quantitative estimate of drug-likeness (QED) is 0.756. The van der Waals surface area contributed by atoms with Crippen molar-refractivity contribution in [1.82, 2.24) is 14.5 Å². The summed E-state index contributed by atoms with van der Waals surface area (Å²) in [7, 11) is -1.98. The Morgan fingerprint density at radius 3 is 2.41 bits per heavy atom. The molecular formula is C19H27N3O4S. The third-order valence-corrected chi connectivity index (χ3v) is 6.27. The summed E-state index contributed by atoms with van der Waals surface area (Å²) < 4.78 is 26.4. The maximum atomic E-state index is 12.6. The molecule has 1 heterocycles. The first-order chi connectivity index (χ1) is 12.9. The average molecular weight is 394 g/mol. The van der Waals surface area contributed by atoms with Gasteiger partial charge in [-0.2, -0.15) is 4.31 Å². The van der Waals surface area contributed by atoms with E-state index in [1.807, 2.05) is 37.3 Å². The van der Waals surface area contributed by atoms with Crippen LogP contribution in [0, 0.1) is 5.92 Å². The molecule has 1 N–H and O–H groups in total. The molecule has 0 atom stereocenters. The number of hydrogen-bond donors (Lipinski definition) is 1. The van der Waals surface area contributed by atoms with Gasteiger partial charge in [-0.25, -0.2) is 8.42 Å². The topological polar surface area (TPSA) is 86.8 Å². The number of carbonyl (C=O) groups excluding carboxylic acids is 2. The predicted octanol–water partition coefficient (Wildman–Crippen LogP) is 1.29. The molecule has 0 saturated carbocycles. The van der Waals surface area contributed by atoms with Gasteiger partial charge >= 0.3 is 0 Å². The number of amides is 2. The van der Waals surface area contributed by atoms with Gasteiger partial charge in [0.1, 0.15) is 0 Å². The SMILES string of the molecule is CCN(CC(=O)NC)C(=O)C1CCN(S(=O)(=O)/C=C/c2ccccc2)CC1. The van der Waals surface area contributed by atoms with Gasteiger partial charge in [-0.05, 0) is 31.4 Å². The smallest absolute Gasteiger partial charge is 0.239 e. The first-order valence-electron chi connectivity index (χ1n) is 9.10. The summed E-state index contributed by atoms with van der Waals surface area (Å²) in [6.07, 6.45) is 2.50. The van der Waals surface area contributed by atoms with E-state index in [4.69, 9.17) is 0 Å². The number of rotatable bonds is 7. The summed E-state index contributed by atoms with van der Waals surface area (Å²) in [6, 6.07) is 9.24. The van der Waals surface area contributed by atoms with E-state index in [0.717, 1.165) is 5.56 Å². The zero-order valence-electron chi connectivity index (χ0n) is 15.8. The minimum absolute atomic E-state index is 0.0319. The largest absolute Gasteiger partial charge is 0.358 e. The Morgan fingerprint density at radius 2 is 1.85 bits per heavy atom. The molecule has 0 spiro atoms. The van der Waals surface area contributed by atoms with Gasteiger partial charge in [0.25, 0.3) is 0 Å². The number of likely N-dealkylation sites (N-methyl/N-ethyl adjacent to an activating group) is 2. The van der Waals surface area contributed by atoms with Crippen LogP contribution in [-0.2, 0) is 19.6 Å². The molecule has 1 aliphatic heterocycles. The number of piperidine rings is 1. The zero-order valence-corrected chi connectivity index (χ0v) is 16.6. The molecule has 2 amide bonds. The molecule has 27 heavy (non-hydrogen) atoms. The second-order valence-electron chi connectivity index (χ2n) is 6.46. The van der Waals surface area contributed by atoms with E-state index >= 15 is 0 Å². The highest BCUT2D eigenvalue weighted by Crippen LogP contribution is 2.22. The normalized spacial score (nSPS) is 16.4. The van der Waals surface area contributed by atoms with Crippen molar-refractivity contribution >= 4 is 27.9 Å². The molecule has 1 aromatic carbocycles. The summed E-state index contributed by atoms with van der Waals surface area (Å²) in [5, 5.41) is 3.73. The lowest BCUT2D eigenvalue weighted by atomic mass is 9.96. The third-order valence-electron chi connectivity index (χ3n) is 4.70. The molecule has 1 fully saturated rings. The van der Waals surface area contributed by atoms with Gasteiger partial charge in [0, 0.05) is 38.0 Å². The van der Waals surface area contributed by atoms with Crippen molar-refractivity contribution < 1.29 is 18.0 Å². The minimum atomic E-state index is -3.52. The number of hydrogen-bond acceptors (Lipinski definition) is 4. The Bertz CT molecular complexity index is 769. The molecular weight excluding hydrogens is 366 g/mol. The number of nitrogens with one attached hydrogen (secondary N) is 1. The highest BCUT2D eigenvalue weighted by molar-refractivity contribution is 7.92. The molecule has 0 aliphatic carbocycles. The minimum Gasteiger partial charge on any atom is -0.358 e. The van der Waals surface area contributed by atoms with Crippen LogP contribution in [0.2, 0.25) is 0 Å². The van der Waals surface area contributed by atoms with E-state index in [9.17, 15) is 18.0 Å². The van der Waals surface area contributed by atoms with Crippen LogP contribution in [0.25, 0.3) is 6.08 Å². The Hall–Kier alpha value is -2.19. The Morgan fingerprint density at radius 1 is 1.22 bits per heavy atom. The predicted molar refractivity (Wildman–Crippen MR) is 105 cm³/mol. The van der Waals surface area contributed by atoms with Crippen molar-refractivity contribution in [2.75, 3.05) is 33.2 Å². The molecule has 8 heteroatoms. The summed E-state index contributed by atoms with van der Waals surface area (Å²) in [5.41, 5.74) is 0.818. The molecule has 0 unspecified atom stereocenters. The fraction of sp³-hybridized carbons (Fsp3) is 0.474. The molecule has 1 aliphatic rings. The molecule has 7 nitrogen and oxygen atoms in total. The van der Waals surface area contributed by atoms with Crippen molar-refractivity contribution in [2.45, 2.75) is 19.8 Å². The van der Waals surface area contributed by atoms with Gasteiger partial charge in [0.2, 0.25) is 21.8 Å². The van der Waals surface area contributed by atoms with E-state index in [1.54, 1.807) is 6.08 Å². The van der Waals surface area contributed by atoms with Gasteiger partial charge < -0.3 is 10.2 Å². The number of carbonyl (C=O) groups is 2. The van der Waals surface area contributed by atoms with E-state index in [-0.39, 0.29) is 24.3 Å². The summed E-state index contributed by atoms with van der Waals surface area (Å²) in [4.78, 5) is 25.7. The van der Waals surface area contributed by atoms with Crippen molar-refractivity contribution in [3.05, 3.63) is 41.3 Å². The second-order valence-corrected chi connectivity index (χ2v) is 8.28. The molecule has 1 aromatic rings. The summed E-state index contributed by atoms with van der Waals surface area (Å²) in [5.74, 6) is -0.548. The number of benzene rings is 1. The average Bonchev–Trinajstić information content (AvgIpc) is 2.70. The van der Waals surface area contributed by atoms with Crippen LogP contribution in [0.1, 0.15) is 25.3 Å². The van der Waals surface area contributed by atoms with Gasteiger partial charge in [-0.3, -0.25) is 9.59 Å². The second kappa shape index (κ2) is 9.66. The molecule has 1 saturated heterocycles. The van der Waals surface area contributed by atoms with Crippen LogP contribution >= 0.6 is 0 Å².